The molecule has 0 radical (unpaired) electrons. The Morgan fingerprint density at radius 3 is 1.11 bits per heavy atom. The number of allylic oxidation sites excluding steroid dienone is 2. The minimum absolute atomic E-state index is 0. The average molecular weight is 1740 g/mol. The van der Waals surface area contributed by atoms with E-state index in [4.69, 9.17) is 107 Å². The van der Waals surface area contributed by atoms with Crippen LogP contribution >= 0.6 is 12.4 Å². The van der Waals surface area contributed by atoms with E-state index < -0.39 is 195 Å². The third kappa shape index (κ3) is 42.8. The first kappa shape index (κ1) is 111. The van der Waals surface area contributed by atoms with Crippen LogP contribution in [0.4, 0.5) is 0 Å². The molecule has 25 atom stereocenters. The number of aliphatic imine (C=N–C) groups is 1. The second kappa shape index (κ2) is 58.7. The van der Waals surface area contributed by atoms with Crippen molar-refractivity contribution >= 4 is 95.7 Å². The zero-order valence-electron chi connectivity index (χ0n) is 70.9. The number of rotatable bonds is 33. The molecule has 12 unspecified atom stereocenters. The van der Waals surface area contributed by atoms with E-state index in [9.17, 15) is 72.5 Å². The number of hydrogen-bond acceptors (Lipinski definition) is 37. The number of aliphatic carboxylic acids is 1. The molecule has 5 saturated heterocycles. The lowest BCUT2D eigenvalue weighted by Gasteiger charge is -2.44. The molecular weight excluding hydrogens is 1610 g/mol. The molecule has 0 bridgehead atoms. The van der Waals surface area contributed by atoms with Gasteiger partial charge in [0.1, 0.15) is 99.6 Å². The lowest BCUT2D eigenvalue weighted by Crippen LogP contribution is -2.62. The topological polar surface area (TPSA) is 575 Å². The number of carbonyl (C=O) groups is 13. The van der Waals surface area contributed by atoms with Gasteiger partial charge in [-0.05, 0) is 51.4 Å². The van der Waals surface area contributed by atoms with Gasteiger partial charge in [0.25, 0.3) is 0 Å². The van der Waals surface area contributed by atoms with Crippen LogP contribution in [-0.2, 0) is 143 Å². The van der Waals surface area contributed by atoms with Gasteiger partial charge in [-0.1, -0.05) is 39.8 Å². The number of nitrogens with zero attached hydrogens (tertiary/aromatic N) is 1. The highest BCUT2D eigenvalue weighted by Gasteiger charge is 2.52. The number of nitrogens with one attached hydrogen (secondary N) is 3. The summed E-state index contributed by atoms with van der Waals surface area (Å²) in [6, 6.07) is -3.07. The molecule has 0 saturated carbocycles. The standard InChI is InChI=1S/C19H31NO7.C18H29NO9.C15H23NO8.C13H19NO6.C6H13NO5.C6H12O.ClH/c1-6-7-8-9-10-24-19-17(20-13(3)21)12(2)18(26-15(5)23)16(27-19)11-25-14(4)22;1-10-16(19-11(2)20)18(25-8-6-5-7-15(23)24)28-14(9-26-12(3)21)17(10)27-13(4)22;1-7-13(16-8(2)17)15(23-11(5)20)24-12(6-21-9(3)18)14(7)22-10(4)19;1-6-11-13(18-7(2)14-11)20-10(5-17-8(3)15)12(6)19-9(4)16;7-3-5(10)4(9)2(1-8)12-6(3)11;1-2-3-4-5-6-7;/h6,12,16-19H,1,7-11H2,2-5H3,(H,20,21);10,14,16-18H,5-9H2,1-4H3,(H,19,20)(H,23,24);7,12-15H,6H2,1-5H3,(H,16,17);6,10-13H,5H2,1-4H3;2-6,8-11H,1,7H2;2,7H,1,3-6H2;1H/t12-,16?,17?,18-,19-;10-,14?,16?,17-,18-;7-,12?,13?,14-,15?;6-,10?,11?,12-,13-;2?,3?,4-,5+,6?;;/m11110../s1. The monoisotopic (exact) mass is 1730 g/mol. The zero-order valence-corrected chi connectivity index (χ0v) is 71.7. The summed E-state index contributed by atoms with van der Waals surface area (Å²) in [5.41, 5.74) is 5.26. The number of carboxylic acid groups (broad SMARTS) is 1. The van der Waals surface area contributed by atoms with E-state index in [1.165, 1.54) is 83.1 Å². The Morgan fingerprint density at radius 1 is 0.445 bits per heavy atom. The normalized spacial score (nSPS) is 29.9. The smallest absolute Gasteiger partial charge is 0.305 e. The Bertz CT molecular complexity index is 3200. The number of amides is 3. The van der Waals surface area contributed by atoms with Crippen LogP contribution in [-0.4, -0.2) is 296 Å². The van der Waals surface area contributed by atoms with Crippen molar-refractivity contribution in [3.63, 3.8) is 0 Å². The number of nitrogens with two attached hydrogens (primary N) is 1. The lowest BCUT2D eigenvalue weighted by molar-refractivity contribution is -0.262. The number of carboxylic acids is 1. The van der Waals surface area contributed by atoms with E-state index in [1.54, 1.807) is 20.8 Å². The second-order valence-electron chi connectivity index (χ2n) is 28.4. The molecule has 0 spiro atoms. The number of halogens is 1. The van der Waals surface area contributed by atoms with Gasteiger partial charge in [-0.2, -0.15) is 0 Å². The van der Waals surface area contributed by atoms with Crippen LogP contribution in [0, 0.1) is 23.7 Å². The molecule has 11 N–H and O–H groups in total. The number of esters is 9. The predicted octanol–water partition coefficient (Wildman–Crippen LogP) is 1.41. The lowest BCUT2D eigenvalue weighted by atomic mass is 9.88. The summed E-state index contributed by atoms with van der Waals surface area (Å²) in [6.07, 6.45) is -3.30. The van der Waals surface area contributed by atoms with Crippen LogP contribution < -0.4 is 21.7 Å². The molecule has 6 aliphatic heterocycles. The number of fused-ring (bicyclic) bond motifs is 1. The maximum atomic E-state index is 11.6. The van der Waals surface area contributed by atoms with Crippen LogP contribution in [0.5, 0.6) is 0 Å². The highest BCUT2D eigenvalue weighted by molar-refractivity contribution is 5.85. The number of hydrogen-bond donors (Lipinski definition) is 10. The molecular formula is C77H128ClN5O36. The molecule has 6 heterocycles. The SMILES string of the molecule is C=CCCCCO.C=CCCCCO[C@@H]1OC(COC(C)=O)[C@H](OC(C)=O)[C@H](C)C1NC(C)=O.CC(=O)NC1C(OC(C)=O)OC(COC(C)=O)[C@H](OC(C)=O)[C@@H]1C.CC(=O)NC1[C@H](OCCCCC(=O)O)OC(COC(C)=O)[C@H](OC(C)=O)[C@@H]1C.CC(=O)OCC1O[C@H]2OC(C)=NC2[C@@H](C)[C@H]1OC(C)=O.Cl.NC1C(O)OC(CO)[C@H](O)[C@@H]1O. The highest BCUT2D eigenvalue weighted by atomic mass is 35.5. The fraction of sp³-hybridized carbons (Fsp3) is 0.766. The number of ether oxygens (including phenoxy) is 17. The van der Waals surface area contributed by atoms with E-state index in [0.29, 0.717) is 32.0 Å². The molecule has 0 aromatic carbocycles. The first-order valence-corrected chi connectivity index (χ1v) is 38.7. The Hall–Kier alpha value is -8.17. The molecule has 684 valence electrons. The molecule has 0 aromatic rings. The summed E-state index contributed by atoms with van der Waals surface area (Å²) in [6.45, 7) is 31.9. The van der Waals surface area contributed by atoms with Crippen LogP contribution in [0.3, 0.4) is 0 Å². The molecule has 6 aliphatic rings. The molecule has 6 rings (SSSR count). The van der Waals surface area contributed by atoms with Gasteiger partial charge in [-0.25, -0.2) is 4.99 Å². The maximum Gasteiger partial charge on any atom is 0.305 e. The Morgan fingerprint density at radius 2 is 0.782 bits per heavy atom. The Kier molecular flexibility index (Phi) is 54.7. The summed E-state index contributed by atoms with van der Waals surface area (Å²) in [5.74, 6) is -6.92. The second-order valence-corrected chi connectivity index (χ2v) is 28.4. The molecule has 42 heteroatoms. The number of aliphatic hydroxyl groups is 5. The molecule has 0 aromatic heterocycles. The average Bonchev–Trinajstić information content (AvgIpc) is 1.74. The van der Waals surface area contributed by atoms with E-state index in [0.717, 1.165) is 38.5 Å². The van der Waals surface area contributed by atoms with Crippen molar-refractivity contribution in [2.75, 3.05) is 52.9 Å². The molecule has 0 aliphatic carbocycles. The van der Waals surface area contributed by atoms with Gasteiger partial charge in [0.15, 0.2) is 24.8 Å². The van der Waals surface area contributed by atoms with Crippen molar-refractivity contribution in [3.8, 4) is 0 Å². The van der Waals surface area contributed by atoms with Crippen molar-refractivity contribution in [2.24, 2.45) is 34.4 Å². The quantitative estimate of drug-likeness (QED) is 0.0192. The van der Waals surface area contributed by atoms with Gasteiger partial charge < -0.3 is 133 Å². The summed E-state index contributed by atoms with van der Waals surface area (Å²) in [7, 11) is 0. The van der Waals surface area contributed by atoms with Crippen molar-refractivity contribution in [1.29, 1.82) is 0 Å². The van der Waals surface area contributed by atoms with Crippen LogP contribution in [0.15, 0.2) is 30.3 Å². The first-order valence-electron chi connectivity index (χ1n) is 38.7. The first-order chi connectivity index (χ1) is 55.3. The third-order valence-electron chi connectivity index (χ3n) is 18.1. The Balaban J connectivity index is 0.00000145. The summed E-state index contributed by atoms with van der Waals surface area (Å²) >= 11 is 0. The van der Waals surface area contributed by atoms with Crippen LogP contribution in [0.1, 0.15) is 175 Å². The molecule has 41 nitrogen and oxygen atoms in total. The van der Waals surface area contributed by atoms with Gasteiger partial charge in [0.2, 0.25) is 30.3 Å². The minimum Gasteiger partial charge on any atom is -0.481 e. The van der Waals surface area contributed by atoms with E-state index in [2.05, 4.69) is 34.1 Å². The summed E-state index contributed by atoms with van der Waals surface area (Å²) < 4.78 is 91.3. The molecule has 3 amide bonds. The summed E-state index contributed by atoms with van der Waals surface area (Å²) in [5, 5.41) is 61.2. The third-order valence-corrected chi connectivity index (χ3v) is 18.1. The van der Waals surface area contributed by atoms with Gasteiger partial charge in [0.05, 0.1) is 30.8 Å². The van der Waals surface area contributed by atoms with Gasteiger partial charge >= 0.3 is 59.7 Å². The largest absolute Gasteiger partial charge is 0.481 e. The van der Waals surface area contributed by atoms with Gasteiger partial charge in [-0.3, -0.25) is 62.3 Å². The number of carbonyl (C=O) groups excluding carboxylic acids is 12. The van der Waals surface area contributed by atoms with Crippen LogP contribution in [0.2, 0.25) is 0 Å². The van der Waals surface area contributed by atoms with Crippen molar-refractivity contribution in [3.05, 3.63) is 25.3 Å². The van der Waals surface area contributed by atoms with Gasteiger partial charge in [0, 0.05) is 140 Å². The zero-order chi connectivity index (χ0) is 89.8. The van der Waals surface area contributed by atoms with E-state index >= 15 is 0 Å². The summed E-state index contributed by atoms with van der Waals surface area (Å²) in [4.78, 5) is 151. The fourth-order valence-electron chi connectivity index (χ4n) is 12.5. The van der Waals surface area contributed by atoms with E-state index in [-0.39, 0.29) is 93.4 Å². The molecule has 119 heavy (non-hydrogen) atoms. The minimum atomic E-state index is -1.35. The van der Waals surface area contributed by atoms with Gasteiger partial charge in [-0.15, -0.1) is 25.6 Å². The van der Waals surface area contributed by atoms with Crippen molar-refractivity contribution in [2.45, 2.75) is 304 Å². The maximum absolute atomic E-state index is 11.6. The fourth-order valence-corrected chi connectivity index (χ4v) is 12.5. The Labute approximate surface area is 699 Å². The number of aliphatic hydroxyl groups excluding tert-OH is 5. The molecule has 5 fully saturated rings. The van der Waals surface area contributed by atoms with Crippen molar-refractivity contribution < 1.29 is 173 Å². The highest BCUT2D eigenvalue weighted by Crippen LogP contribution is 2.36. The predicted molar refractivity (Wildman–Crippen MR) is 416 cm³/mol. The van der Waals surface area contributed by atoms with E-state index in [1.807, 2.05) is 26.0 Å². The van der Waals surface area contributed by atoms with Crippen LogP contribution in [0.25, 0.3) is 0 Å². The number of unbranched alkanes of at least 4 members (excludes halogenated alkanes) is 5. The van der Waals surface area contributed by atoms with Crippen molar-refractivity contribution in [1.82, 2.24) is 16.0 Å².